The predicted octanol–water partition coefficient (Wildman–Crippen LogP) is 3.74. The standard InChI is InChI=1S/C15H24O4Si/c1-15(2,3)20(5,6)19-10-11-7-12(17)8-14(18-4)13(11)9-16/h7-9,17H,10H2,1-6H3. The van der Waals surface area contributed by atoms with E-state index in [1.807, 2.05) is 0 Å². The first-order chi connectivity index (χ1) is 9.12. The minimum Gasteiger partial charge on any atom is -0.508 e. The Kier molecular flexibility index (Phi) is 4.99. The van der Waals surface area contributed by atoms with E-state index in [0.717, 1.165) is 6.29 Å². The van der Waals surface area contributed by atoms with Gasteiger partial charge in [-0.3, -0.25) is 4.79 Å². The van der Waals surface area contributed by atoms with E-state index in [1.165, 1.54) is 13.2 Å². The molecule has 0 aromatic heterocycles. The molecule has 112 valence electrons. The number of phenolic OH excluding ortho intramolecular Hbond substituents is 1. The zero-order valence-electron chi connectivity index (χ0n) is 13.1. The number of hydrogen-bond acceptors (Lipinski definition) is 4. The zero-order valence-corrected chi connectivity index (χ0v) is 14.1. The Labute approximate surface area is 121 Å². The third-order valence-corrected chi connectivity index (χ3v) is 8.42. The monoisotopic (exact) mass is 296 g/mol. The molecule has 0 aliphatic rings. The van der Waals surface area contributed by atoms with Crippen molar-refractivity contribution < 1.29 is 19.1 Å². The summed E-state index contributed by atoms with van der Waals surface area (Å²) in [7, 11) is -0.434. The number of carbonyl (C=O) groups is 1. The van der Waals surface area contributed by atoms with Gasteiger partial charge in [0.25, 0.3) is 0 Å². The molecular weight excluding hydrogens is 272 g/mol. The lowest BCUT2D eigenvalue weighted by atomic mass is 10.1. The average Bonchev–Trinajstić information content (AvgIpc) is 2.34. The first-order valence-corrected chi connectivity index (χ1v) is 9.52. The Hall–Kier alpha value is -1.33. The highest BCUT2D eigenvalue weighted by Crippen LogP contribution is 2.37. The minimum absolute atomic E-state index is 0.0706. The summed E-state index contributed by atoms with van der Waals surface area (Å²) in [5.41, 5.74) is 1.09. The fourth-order valence-electron chi connectivity index (χ4n) is 1.56. The van der Waals surface area contributed by atoms with Crippen LogP contribution in [0.1, 0.15) is 36.7 Å². The van der Waals surface area contributed by atoms with E-state index >= 15 is 0 Å². The van der Waals surface area contributed by atoms with Crippen LogP contribution >= 0.6 is 0 Å². The quantitative estimate of drug-likeness (QED) is 0.664. The van der Waals surface area contributed by atoms with Gasteiger partial charge in [0.2, 0.25) is 0 Å². The third kappa shape index (κ3) is 3.61. The maximum absolute atomic E-state index is 11.2. The summed E-state index contributed by atoms with van der Waals surface area (Å²) < 4.78 is 11.2. The second kappa shape index (κ2) is 5.97. The Morgan fingerprint density at radius 1 is 1.30 bits per heavy atom. The van der Waals surface area contributed by atoms with Crippen molar-refractivity contribution >= 4 is 14.6 Å². The largest absolute Gasteiger partial charge is 0.508 e. The molecule has 0 radical (unpaired) electrons. The second-order valence-electron chi connectivity index (χ2n) is 6.39. The molecule has 1 aromatic rings. The van der Waals surface area contributed by atoms with Crippen molar-refractivity contribution in [3.05, 3.63) is 23.3 Å². The lowest BCUT2D eigenvalue weighted by Crippen LogP contribution is -2.40. The number of phenols is 1. The molecule has 5 heteroatoms. The van der Waals surface area contributed by atoms with Crippen LogP contribution < -0.4 is 4.74 Å². The number of rotatable bonds is 5. The fourth-order valence-corrected chi connectivity index (χ4v) is 2.51. The van der Waals surface area contributed by atoms with Crippen LogP contribution in [0.15, 0.2) is 12.1 Å². The fraction of sp³-hybridized carbons (Fsp3) is 0.533. The summed E-state index contributed by atoms with van der Waals surface area (Å²) in [6.45, 7) is 11.1. The van der Waals surface area contributed by atoms with Crippen LogP contribution in [0.2, 0.25) is 18.1 Å². The van der Waals surface area contributed by atoms with Crippen molar-refractivity contribution in [2.75, 3.05) is 7.11 Å². The van der Waals surface area contributed by atoms with Crippen LogP contribution in [0.4, 0.5) is 0 Å². The van der Waals surface area contributed by atoms with Gasteiger partial charge in [0.05, 0.1) is 19.3 Å². The zero-order chi connectivity index (χ0) is 15.6. The number of aromatic hydroxyl groups is 1. The molecule has 0 saturated heterocycles. The molecule has 0 aliphatic heterocycles. The van der Waals surface area contributed by atoms with Gasteiger partial charge >= 0.3 is 0 Å². The Balaban J connectivity index is 3.04. The molecule has 0 spiro atoms. The van der Waals surface area contributed by atoms with Gasteiger partial charge < -0.3 is 14.3 Å². The Morgan fingerprint density at radius 3 is 2.35 bits per heavy atom. The molecule has 0 atom stereocenters. The molecular formula is C15H24O4Si. The molecule has 4 nitrogen and oxygen atoms in total. The van der Waals surface area contributed by atoms with Crippen LogP contribution in [0.25, 0.3) is 0 Å². The maximum Gasteiger partial charge on any atom is 0.192 e. The van der Waals surface area contributed by atoms with Gasteiger partial charge in [-0.1, -0.05) is 20.8 Å². The minimum atomic E-state index is -1.91. The van der Waals surface area contributed by atoms with Gasteiger partial charge in [-0.05, 0) is 29.8 Å². The average molecular weight is 296 g/mol. The maximum atomic E-state index is 11.2. The van der Waals surface area contributed by atoms with E-state index < -0.39 is 8.32 Å². The van der Waals surface area contributed by atoms with Crippen LogP contribution in [-0.2, 0) is 11.0 Å². The van der Waals surface area contributed by atoms with Crippen molar-refractivity contribution in [3.63, 3.8) is 0 Å². The van der Waals surface area contributed by atoms with Crippen molar-refractivity contribution in [1.82, 2.24) is 0 Å². The highest BCUT2D eigenvalue weighted by atomic mass is 28.4. The first-order valence-electron chi connectivity index (χ1n) is 6.61. The van der Waals surface area contributed by atoms with Crippen molar-refractivity contribution in [2.45, 2.75) is 45.5 Å². The van der Waals surface area contributed by atoms with E-state index in [2.05, 4.69) is 33.9 Å². The van der Waals surface area contributed by atoms with E-state index in [4.69, 9.17) is 9.16 Å². The van der Waals surface area contributed by atoms with Crippen LogP contribution in [0.3, 0.4) is 0 Å². The van der Waals surface area contributed by atoms with E-state index in [-0.39, 0.29) is 10.8 Å². The van der Waals surface area contributed by atoms with Crippen molar-refractivity contribution in [2.24, 2.45) is 0 Å². The third-order valence-electron chi connectivity index (χ3n) is 3.94. The molecule has 1 N–H and O–H groups in total. The highest BCUT2D eigenvalue weighted by Gasteiger charge is 2.37. The summed E-state index contributed by atoms with van der Waals surface area (Å²) in [6.07, 6.45) is 0.739. The molecule has 0 fully saturated rings. The number of aldehydes is 1. The summed E-state index contributed by atoms with van der Waals surface area (Å²) in [4.78, 5) is 11.2. The van der Waals surface area contributed by atoms with Gasteiger partial charge in [-0.25, -0.2) is 0 Å². The molecule has 1 aromatic carbocycles. The van der Waals surface area contributed by atoms with E-state index in [1.54, 1.807) is 6.07 Å². The van der Waals surface area contributed by atoms with Crippen LogP contribution in [0.5, 0.6) is 11.5 Å². The summed E-state index contributed by atoms with van der Waals surface area (Å²) >= 11 is 0. The topological polar surface area (TPSA) is 55.8 Å². The number of hydrogen-bond donors (Lipinski definition) is 1. The first kappa shape index (κ1) is 16.7. The Bertz CT molecular complexity index is 489. The number of ether oxygens (including phenoxy) is 1. The smallest absolute Gasteiger partial charge is 0.192 e. The molecule has 0 unspecified atom stereocenters. The number of methoxy groups -OCH3 is 1. The number of benzene rings is 1. The van der Waals surface area contributed by atoms with Gasteiger partial charge in [0.15, 0.2) is 14.6 Å². The lowest BCUT2D eigenvalue weighted by molar-refractivity contribution is 0.111. The molecule has 0 amide bonds. The van der Waals surface area contributed by atoms with Gasteiger partial charge in [-0.2, -0.15) is 0 Å². The van der Waals surface area contributed by atoms with Crippen LogP contribution in [-0.4, -0.2) is 26.8 Å². The van der Waals surface area contributed by atoms with Gasteiger partial charge in [0.1, 0.15) is 11.5 Å². The predicted molar refractivity (Wildman–Crippen MR) is 82.0 cm³/mol. The van der Waals surface area contributed by atoms with Crippen molar-refractivity contribution in [1.29, 1.82) is 0 Å². The molecule has 20 heavy (non-hydrogen) atoms. The second-order valence-corrected chi connectivity index (χ2v) is 11.2. The molecule has 0 bridgehead atoms. The summed E-state index contributed by atoms with van der Waals surface area (Å²) in [5, 5.41) is 9.79. The molecule has 0 aliphatic carbocycles. The highest BCUT2D eigenvalue weighted by molar-refractivity contribution is 6.74. The lowest BCUT2D eigenvalue weighted by Gasteiger charge is -2.36. The van der Waals surface area contributed by atoms with Crippen molar-refractivity contribution in [3.8, 4) is 11.5 Å². The molecule has 0 heterocycles. The SMILES string of the molecule is COc1cc(O)cc(CO[Si](C)(C)C(C)(C)C)c1C=O. The van der Waals surface area contributed by atoms with Crippen LogP contribution in [0, 0.1) is 0 Å². The Morgan fingerprint density at radius 2 is 1.90 bits per heavy atom. The van der Waals surface area contributed by atoms with E-state index in [9.17, 15) is 9.90 Å². The molecule has 0 saturated carbocycles. The molecule has 1 rings (SSSR count). The van der Waals surface area contributed by atoms with E-state index in [0.29, 0.717) is 23.5 Å². The normalized spacial score (nSPS) is 12.3. The summed E-state index contributed by atoms with van der Waals surface area (Å²) in [6, 6.07) is 2.99. The van der Waals surface area contributed by atoms with Gasteiger partial charge in [0, 0.05) is 6.07 Å². The summed E-state index contributed by atoms with van der Waals surface area (Å²) in [5.74, 6) is 0.440. The number of carbonyl (C=O) groups excluding carboxylic acids is 1. The van der Waals surface area contributed by atoms with Gasteiger partial charge in [-0.15, -0.1) is 0 Å².